The predicted molar refractivity (Wildman–Crippen MR) is 68.2 cm³/mol. The lowest BCUT2D eigenvalue weighted by Crippen LogP contribution is -2.06. The quantitative estimate of drug-likeness (QED) is 0.424. The molecule has 0 aromatic heterocycles. The molecular formula is C14H18O4. The summed E-state index contributed by atoms with van der Waals surface area (Å²) in [5, 5.41) is 0. The van der Waals surface area contributed by atoms with Crippen LogP contribution in [-0.4, -0.2) is 25.5 Å². The summed E-state index contributed by atoms with van der Waals surface area (Å²) >= 11 is 0. The van der Waals surface area contributed by atoms with Crippen molar-refractivity contribution in [3.63, 3.8) is 0 Å². The SMILES string of the molecule is CCCCOc1ccc(C(=O)OCC)cc1C=O. The van der Waals surface area contributed by atoms with Crippen LogP contribution in [0.3, 0.4) is 0 Å². The summed E-state index contributed by atoms with van der Waals surface area (Å²) in [6, 6.07) is 4.73. The fraction of sp³-hybridized carbons (Fsp3) is 0.429. The summed E-state index contributed by atoms with van der Waals surface area (Å²) in [5.41, 5.74) is 0.735. The lowest BCUT2D eigenvalue weighted by Gasteiger charge is -2.09. The Labute approximate surface area is 107 Å². The lowest BCUT2D eigenvalue weighted by molar-refractivity contribution is 0.0526. The Morgan fingerprint density at radius 1 is 1.33 bits per heavy atom. The van der Waals surface area contributed by atoms with Gasteiger partial charge in [0.25, 0.3) is 0 Å². The topological polar surface area (TPSA) is 52.6 Å². The van der Waals surface area contributed by atoms with E-state index >= 15 is 0 Å². The molecule has 1 aromatic carbocycles. The molecule has 0 aliphatic carbocycles. The summed E-state index contributed by atoms with van der Waals surface area (Å²) in [6.45, 7) is 4.68. The molecule has 1 aromatic rings. The molecule has 0 saturated carbocycles. The van der Waals surface area contributed by atoms with Gasteiger partial charge in [-0.05, 0) is 31.5 Å². The second kappa shape index (κ2) is 7.48. The summed E-state index contributed by atoms with van der Waals surface area (Å²) in [4.78, 5) is 22.5. The smallest absolute Gasteiger partial charge is 0.338 e. The molecule has 0 saturated heterocycles. The molecule has 0 aliphatic rings. The second-order valence-corrected chi connectivity index (χ2v) is 3.79. The van der Waals surface area contributed by atoms with Crippen molar-refractivity contribution < 1.29 is 19.1 Å². The van der Waals surface area contributed by atoms with Crippen LogP contribution >= 0.6 is 0 Å². The maximum Gasteiger partial charge on any atom is 0.338 e. The molecule has 0 spiro atoms. The van der Waals surface area contributed by atoms with Crippen LogP contribution in [0.25, 0.3) is 0 Å². The third-order valence-electron chi connectivity index (χ3n) is 2.40. The highest BCUT2D eigenvalue weighted by atomic mass is 16.5. The van der Waals surface area contributed by atoms with Gasteiger partial charge in [-0.2, -0.15) is 0 Å². The zero-order chi connectivity index (χ0) is 13.4. The van der Waals surface area contributed by atoms with Crippen molar-refractivity contribution >= 4 is 12.3 Å². The first-order valence-corrected chi connectivity index (χ1v) is 6.12. The summed E-state index contributed by atoms with van der Waals surface area (Å²) in [5.74, 6) is 0.0761. The Bertz CT molecular complexity index is 412. The first-order chi connectivity index (χ1) is 8.72. The number of carbonyl (C=O) groups excluding carboxylic acids is 2. The average molecular weight is 250 g/mol. The minimum Gasteiger partial charge on any atom is -0.493 e. The van der Waals surface area contributed by atoms with E-state index in [2.05, 4.69) is 6.92 Å². The van der Waals surface area contributed by atoms with Gasteiger partial charge in [0.2, 0.25) is 0 Å². The fourth-order valence-corrected chi connectivity index (χ4v) is 1.44. The van der Waals surface area contributed by atoms with Gasteiger partial charge >= 0.3 is 5.97 Å². The van der Waals surface area contributed by atoms with Crippen LogP contribution in [0, 0.1) is 0 Å². The van der Waals surface area contributed by atoms with E-state index in [1.807, 2.05) is 0 Å². The standard InChI is InChI=1S/C14H18O4/c1-3-5-8-18-13-7-6-11(9-12(13)10-15)14(16)17-4-2/h6-7,9-10H,3-5,8H2,1-2H3. The number of ether oxygens (including phenoxy) is 2. The number of rotatable bonds is 7. The van der Waals surface area contributed by atoms with Crippen molar-refractivity contribution in [2.75, 3.05) is 13.2 Å². The number of aldehydes is 1. The molecule has 98 valence electrons. The molecule has 0 aliphatic heterocycles. The molecule has 0 bridgehead atoms. The Kier molecular flexibility index (Phi) is 5.91. The first kappa shape index (κ1) is 14.2. The molecule has 4 heteroatoms. The Balaban J connectivity index is 2.82. The van der Waals surface area contributed by atoms with Crippen LogP contribution in [0.2, 0.25) is 0 Å². The van der Waals surface area contributed by atoms with Gasteiger partial charge in [0.1, 0.15) is 5.75 Å². The van der Waals surface area contributed by atoms with Crippen molar-refractivity contribution in [2.45, 2.75) is 26.7 Å². The van der Waals surface area contributed by atoms with Gasteiger partial charge in [0.15, 0.2) is 6.29 Å². The number of benzene rings is 1. The van der Waals surface area contributed by atoms with Gasteiger partial charge < -0.3 is 9.47 Å². The van der Waals surface area contributed by atoms with E-state index in [1.54, 1.807) is 19.1 Å². The predicted octanol–water partition coefficient (Wildman–Crippen LogP) is 2.85. The van der Waals surface area contributed by atoms with Gasteiger partial charge in [0, 0.05) is 0 Å². The summed E-state index contributed by atoms with van der Waals surface area (Å²) in [7, 11) is 0. The molecule has 1 rings (SSSR count). The van der Waals surface area contributed by atoms with Crippen molar-refractivity contribution in [3.8, 4) is 5.75 Å². The number of hydrogen-bond acceptors (Lipinski definition) is 4. The fourth-order valence-electron chi connectivity index (χ4n) is 1.44. The third-order valence-corrected chi connectivity index (χ3v) is 2.40. The van der Waals surface area contributed by atoms with E-state index in [4.69, 9.17) is 9.47 Å². The minimum atomic E-state index is -0.430. The number of hydrogen-bond donors (Lipinski definition) is 0. The van der Waals surface area contributed by atoms with Crippen molar-refractivity contribution in [3.05, 3.63) is 29.3 Å². The van der Waals surface area contributed by atoms with E-state index in [0.29, 0.717) is 36.4 Å². The average Bonchev–Trinajstić information content (AvgIpc) is 2.39. The van der Waals surface area contributed by atoms with Gasteiger partial charge in [-0.1, -0.05) is 13.3 Å². The van der Waals surface area contributed by atoms with Crippen LogP contribution in [0.15, 0.2) is 18.2 Å². The summed E-state index contributed by atoms with van der Waals surface area (Å²) in [6.07, 6.45) is 2.64. The van der Waals surface area contributed by atoms with Crippen molar-refractivity contribution in [2.24, 2.45) is 0 Å². The molecule has 0 atom stereocenters. The normalized spacial score (nSPS) is 9.89. The van der Waals surface area contributed by atoms with Crippen LogP contribution < -0.4 is 4.74 Å². The van der Waals surface area contributed by atoms with Crippen molar-refractivity contribution in [1.29, 1.82) is 0 Å². The van der Waals surface area contributed by atoms with E-state index in [1.165, 1.54) is 6.07 Å². The molecule has 0 unspecified atom stereocenters. The Morgan fingerprint density at radius 3 is 2.72 bits per heavy atom. The first-order valence-electron chi connectivity index (χ1n) is 6.12. The van der Waals surface area contributed by atoms with Crippen LogP contribution in [0.1, 0.15) is 47.4 Å². The van der Waals surface area contributed by atoms with Crippen LogP contribution in [-0.2, 0) is 4.74 Å². The monoisotopic (exact) mass is 250 g/mol. The van der Waals surface area contributed by atoms with Crippen LogP contribution in [0.4, 0.5) is 0 Å². The maximum absolute atomic E-state index is 11.5. The summed E-state index contributed by atoms with van der Waals surface area (Å²) < 4.78 is 10.3. The maximum atomic E-state index is 11.5. The van der Waals surface area contributed by atoms with Gasteiger partial charge in [-0.25, -0.2) is 4.79 Å². The van der Waals surface area contributed by atoms with Gasteiger partial charge in [-0.3, -0.25) is 4.79 Å². The van der Waals surface area contributed by atoms with E-state index in [-0.39, 0.29) is 0 Å². The molecular weight excluding hydrogens is 232 g/mol. The Morgan fingerprint density at radius 2 is 2.11 bits per heavy atom. The Hall–Kier alpha value is -1.84. The van der Waals surface area contributed by atoms with Gasteiger partial charge in [0.05, 0.1) is 24.3 Å². The van der Waals surface area contributed by atoms with Crippen molar-refractivity contribution in [1.82, 2.24) is 0 Å². The van der Waals surface area contributed by atoms with E-state index in [9.17, 15) is 9.59 Å². The van der Waals surface area contributed by atoms with E-state index < -0.39 is 5.97 Å². The molecule has 0 fully saturated rings. The zero-order valence-corrected chi connectivity index (χ0v) is 10.8. The minimum absolute atomic E-state index is 0.310. The molecule has 18 heavy (non-hydrogen) atoms. The third kappa shape index (κ3) is 3.87. The molecule has 0 amide bonds. The van der Waals surface area contributed by atoms with Crippen LogP contribution in [0.5, 0.6) is 5.75 Å². The highest BCUT2D eigenvalue weighted by Crippen LogP contribution is 2.19. The molecule has 4 nitrogen and oxygen atoms in total. The largest absolute Gasteiger partial charge is 0.493 e. The highest BCUT2D eigenvalue weighted by molar-refractivity contribution is 5.92. The lowest BCUT2D eigenvalue weighted by atomic mass is 10.1. The van der Waals surface area contributed by atoms with Gasteiger partial charge in [-0.15, -0.1) is 0 Å². The zero-order valence-electron chi connectivity index (χ0n) is 10.8. The number of carbonyl (C=O) groups is 2. The number of esters is 1. The highest BCUT2D eigenvalue weighted by Gasteiger charge is 2.10. The molecule has 0 N–H and O–H groups in total. The molecule has 0 heterocycles. The molecule has 0 radical (unpaired) electrons. The number of unbranched alkanes of at least 4 members (excludes halogenated alkanes) is 1. The second-order valence-electron chi connectivity index (χ2n) is 3.79. The van der Waals surface area contributed by atoms with E-state index in [0.717, 1.165) is 12.8 Å².